The van der Waals surface area contributed by atoms with Crippen molar-refractivity contribution in [2.24, 2.45) is 0 Å². The van der Waals surface area contributed by atoms with Gasteiger partial charge in [0.2, 0.25) is 10.0 Å². The molecule has 0 bridgehead atoms. The van der Waals surface area contributed by atoms with E-state index in [4.69, 9.17) is 4.74 Å². The second kappa shape index (κ2) is 5.68. The first kappa shape index (κ1) is 15.0. The van der Waals surface area contributed by atoms with E-state index in [0.29, 0.717) is 31.0 Å². The zero-order valence-electron chi connectivity index (χ0n) is 12.3. The summed E-state index contributed by atoms with van der Waals surface area (Å²) in [5.41, 5.74) is 1.63. The van der Waals surface area contributed by atoms with Gasteiger partial charge in [0.25, 0.3) is 0 Å². The normalized spacial score (nSPS) is 21.8. The van der Waals surface area contributed by atoms with E-state index in [9.17, 15) is 8.42 Å². The van der Waals surface area contributed by atoms with Gasteiger partial charge in [0.15, 0.2) is 0 Å². The molecule has 0 aromatic heterocycles. The molecule has 2 N–H and O–H groups in total. The van der Waals surface area contributed by atoms with Gasteiger partial charge in [-0.05, 0) is 49.9 Å². The first-order valence-corrected chi connectivity index (χ1v) is 8.92. The molecule has 0 unspecified atom stereocenters. The van der Waals surface area contributed by atoms with E-state index in [1.807, 2.05) is 19.1 Å². The molecule has 0 atom stereocenters. The Bertz CT molecular complexity index is 622. The van der Waals surface area contributed by atoms with E-state index in [1.54, 1.807) is 6.07 Å². The molecule has 0 saturated carbocycles. The van der Waals surface area contributed by atoms with Gasteiger partial charge in [-0.15, -0.1) is 0 Å². The van der Waals surface area contributed by atoms with Gasteiger partial charge < -0.3 is 10.1 Å². The number of rotatable bonds is 3. The van der Waals surface area contributed by atoms with Gasteiger partial charge in [0.1, 0.15) is 0 Å². The summed E-state index contributed by atoms with van der Waals surface area (Å²) in [6.07, 6.45) is 2.18. The van der Waals surface area contributed by atoms with Crippen LogP contribution in [-0.2, 0) is 27.7 Å². The molecule has 1 saturated heterocycles. The average molecular weight is 310 g/mol. The Balaban J connectivity index is 1.91. The van der Waals surface area contributed by atoms with Crippen molar-refractivity contribution in [3.05, 3.63) is 29.3 Å². The van der Waals surface area contributed by atoms with Crippen molar-refractivity contribution in [2.75, 3.05) is 19.8 Å². The smallest absolute Gasteiger partial charge is 0.241 e. The summed E-state index contributed by atoms with van der Waals surface area (Å²) in [5.74, 6) is 0. The molecule has 0 aliphatic carbocycles. The van der Waals surface area contributed by atoms with E-state index in [1.165, 1.54) is 0 Å². The fourth-order valence-electron chi connectivity index (χ4n) is 3.05. The van der Waals surface area contributed by atoms with Crippen molar-refractivity contribution in [3.63, 3.8) is 0 Å². The summed E-state index contributed by atoms with van der Waals surface area (Å²) >= 11 is 0. The van der Waals surface area contributed by atoms with Gasteiger partial charge in [-0.2, -0.15) is 0 Å². The fourth-order valence-corrected chi connectivity index (χ4v) is 4.83. The van der Waals surface area contributed by atoms with Crippen molar-refractivity contribution in [1.29, 1.82) is 0 Å². The van der Waals surface area contributed by atoms with E-state index >= 15 is 0 Å². The molecule has 6 heteroatoms. The summed E-state index contributed by atoms with van der Waals surface area (Å²) in [5, 5.41) is 3.28. The largest absolute Gasteiger partial charge is 0.381 e. The monoisotopic (exact) mass is 310 g/mol. The number of benzene rings is 1. The van der Waals surface area contributed by atoms with Crippen LogP contribution in [0.5, 0.6) is 0 Å². The number of fused-ring (bicyclic) bond motifs is 1. The van der Waals surface area contributed by atoms with Crippen molar-refractivity contribution < 1.29 is 13.2 Å². The van der Waals surface area contributed by atoms with Gasteiger partial charge in [0, 0.05) is 25.3 Å². The Hall–Kier alpha value is -0.950. The minimum Gasteiger partial charge on any atom is -0.381 e. The molecule has 0 amide bonds. The molecule has 0 spiro atoms. The maximum Gasteiger partial charge on any atom is 0.241 e. The van der Waals surface area contributed by atoms with Crippen LogP contribution >= 0.6 is 0 Å². The van der Waals surface area contributed by atoms with Crippen LogP contribution in [0.3, 0.4) is 0 Å². The zero-order chi connectivity index (χ0) is 14.9. The lowest BCUT2D eigenvalue weighted by atomic mass is 9.94. The molecule has 0 radical (unpaired) electrons. The van der Waals surface area contributed by atoms with Crippen molar-refractivity contribution >= 4 is 10.0 Å². The number of nitrogens with one attached hydrogen (secondary N) is 2. The lowest BCUT2D eigenvalue weighted by Gasteiger charge is -2.34. The van der Waals surface area contributed by atoms with E-state index in [-0.39, 0.29) is 0 Å². The predicted molar refractivity (Wildman–Crippen MR) is 80.6 cm³/mol. The molecule has 2 aliphatic rings. The molecule has 1 aromatic rings. The van der Waals surface area contributed by atoms with Gasteiger partial charge in [0.05, 0.1) is 4.90 Å². The second-order valence-corrected chi connectivity index (χ2v) is 7.75. The van der Waals surface area contributed by atoms with Crippen molar-refractivity contribution in [1.82, 2.24) is 10.0 Å². The third-order valence-corrected chi connectivity index (χ3v) is 6.09. The molecular weight excluding hydrogens is 288 g/mol. The van der Waals surface area contributed by atoms with Gasteiger partial charge in [-0.3, -0.25) is 0 Å². The van der Waals surface area contributed by atoms with Gasteiger partial charge >= 0.3 is 0 Å². The Morgan fingerprint density at radius 1 is 1.29 bits per heavy atom. The maximum atomic E-state index is 12.8. The summed E-state index contributed by atoms with van der Waals surface area (Å²) in [7, 11) is -3.49. The summed E-state index contributed by atoms with van der Waals surface area (Å²) in [6, 6.07) is 5.54. The van der Waals surface area contributed by atoms with E-state index < -0.39 is 15.6 Å². The molecular formula is C15H22N2O3S. The highest BCUT2D eigenvalue weighted by atomic mass is 32.2. The highest BCUT2D eigenvalue weighted by Gasteiger charge is 2.33. The molecule has 21 heavy (non-hydrogen) atoms. The molecule has 1 aromatic carbocycles. The van der Waals surface area contributed by atoms with Gasteiger partial charge in [-0.1, -0.05) is 12.1 Å². The minimum atomic E-state index is -3.49. The third-order valence-electron chi connectivity index (χ3n) is 4.36. The summed E-state index contributed by atoms with van der Waals surface area (Å²) in [4.78, 5) is 0.439. The van der Waals surface area contributed by atoms with Crippen molar-refractivity contribution in [2.45, 2.75) is 43.2 Å². The van der Waals surface area contributed by atoms with Crippen LogP contribution in [0.2, 0.25) is 0 Å². The van der Waals surface area contributed by atoms with Crippen LogP contribution < -0.4 is 10.0 Å². The van der Waals surface area contributed by atoms with Crippen LogP contribution in [0, 0.1) is 0 Å². The number of hydrogen-bond acceptors (Lipinski definition) is 4. The lowest BCUT2D eigenvalue weighted by molar-refractivity contribution is 0.0537. The predicted octanol–water partition coefficient (Wildman–Crippen LogP) is 1.18. The Morgan fingerprint density at radius 3 is 2.81 bits per heavy atom. The van der Waals surface area contributed by atoms with Gasteiger partial charge in [-0.25, -0.2) is 13.1 Å². The first-order valence-electron chi connectivity index (χ1n) is 7.43. The summed E-state index contributed by atoms with van der Waals surface area (Å²) < 4.78 is 33.9. The van der Waals surface area contributed by atoms with Crippen molar-refractivity contribution in [3.8, 4) is 0 Å². The number of ether oxygens (including phenoxy) is 1. The second-order valence-electron chi connectivity index (χ2n) is 6.10. The lowest BCUT2D eigenvalue weighted by Crippen LogP contribution is -2.49. The van der Waals surface area contributed by atoms with Crippen LogP contribution in [0.4, 0.5) is 0 Å². The Kier molecular flexibility index (Phi) is 4.05. The fraction of sp³-hybridized carbons (Fsp3) is 0.600. The Morgan fingerprint density at radius 2 is 2.05 bits per heavy atom. The Labute approximate surface area is 126 Å². The highest BCUT2D eigenvalue weighted by molar-refractivity contribution is 7.89. The van der Waals surface area contributed by atoms with Crippen LogP contribution in [-0.4, -0.2) is 33.7 Å². The van der Waals surface area contributed by atoms with E-state index in [2.05, 4.69) is 10.0 Å². The molecule has 1 fully saturated rings. The molecule has 2 heterocycles. The quantitative estimate of drug-likeness (QED) is 0.880. The van der Waals surface area contributed by atoms with Crippen LogP contribution in [0.1, 0.15) is 30.9 Å². The summed E-state index contributed by atoms with van der Waals surface area (Å²) in [6.45, 7) is 4.74. The van der Waals surface area contributed by atoms with Crippen LogP contribution in [0.15, 0.2) is 23.1 Å². The number of sulfonamides is 1. The molecule has 2 aliphatic heterocycles. The molecule has 116 valence electrons. The van der Waals surface area contributed by atoms with Crippen LogP contribution in [0.25, 0.3) is 0 Å². The topological polar surface area (TPSA) is 67.4 Å². The van der Waals surface area contributed by atoms with E-state index in [0.717, 1.165) is 30.6 Å². The standard InChI is InChI=1S/C15H22N2O3S/c1-15(6-9-20-10-7-15)17-21(18,19)14-4-2-3-12-11-16-8-5-13(12)14/h2-4,16-17H,5-11H2,1H3. The number of hydrogen-bond donors (Lipinski definition) is 2. The first-order chi connectivity index (χ1) is 10.0. The average Bonchev–Trinajstić information content (AvgIpc) is 2.46. The third kappa shape index (κ3) is 3.13. The zero-order valence-corrected chi connectivity index (χ0v) is 13.1. The highest BCUT2D eigenvalue weighted by Crippen LogP contribution is 2.27. The molecule has 3 rings (SSSR count). The maximum absolute atomic E-state index is 12.8. The SMILES string of the molecule is CC1(NS(=O)(=O)c2cccc3c2CCNC3)CCOCC1. The molecule has 5 nitrogen and oxygen atoms in total. The minimum absolute atomic E-state index is 0.410.